The van der Waals surface area contributed by atoms with Crippen LogP contribution in [-0.2, 0) is 11.3 Å². The van der Waals surface area contributed by atoms with Crippen molar-refractivity contribution in [1.82, 2.24) is 5.32 Å². The highest BCUT2D eigenvalue weighted by atomic mass is 79.9. The van der Waals surface area contributed by atoms with Gasteiger partial charge in [0, 0.05) is 36.9 Å². The fourth-order valence-corrected chi connectivity index (χ4v) is 3.07. The summed E-state index contributed by atoms with van der Waals surface area (Å²) >= 11 is 3.57. The fraction of sp³-hybridized carbons (Fsp3) is 0.625. The molecule has 1 aliphatic heterocycles. The highest BCUT2D eigenvalue weighted by molar-refractivity contribution is 9.10. The van der Waals surface area contributed by atoms with E-state index in [1.165, 1.54) is 24.1 Å². The lowest BCUT2D eigenvalue weighted by Crippen LogP contribution is -2.29. The molecule has 1 aromatic rings. The molecule has 0 amide bonds. The minimum Gasteiger partial charge on any atom is -0.376 e. The molecular formula is C16H25BrN2O. The van der Waals surface area contributed by atoms with Crippen molar-refractivity contribution in [2.75, 3.05) is 31.6 Å². The summed E-state index contributed by atoms with van der Waals surface area (Å²) < 4.78 is 6.88. The number of rotatable bonds is 7. The highest BCUT2D eigenvalue weighted by Gasteiger charge is 2.18. The third kappa shape index (κ3) is 4.47. The van der Waals surface area contributed by atoms with Crippen LogP contribution in [0.5, 0.6) is 0 Å². The molecule has 1 heterocycles. The van der Waals surface area contributed by atoms with Gasteiger partial charge in [0.25, 0.3) is 0 Å². The van der Waals surface area contributed by atoms with Crippen molar-refractivity contribution in [2.24, 2.45) is 0 Å². The average Bonchev–Trinajstić information content (AvgIpc) is 2.92. The standard InChI is InChI=1S/C16H25BrN2O/c1-3-8-18-11-13-10-14(17)6-7-16(13)19(2)12-15-5-4-9-20-15/h6-7,10,15,18H,3-5,8-9,11-12H2,1-2H3. The van der Waals surface area contributed by atoms with Gasteiger partial charge in [-0.2, -0.15) is 0 Å². The molecule has 112 valence electrons. The normalized spacial score (nSPS) is 18.4. The van der Waals surface area contributed by atoms with Crippen LogP contribution in [0.4, 0.5) is 5.69 Å². The molecule has 0 aliphatic carbocycles. The second-order valence-corrected chi connectivity index (χ2v) is 6.38. The lowest BCUT2D eigenvalue weighted by atomic mass is 10.1. The molecule has 1 unspecified atom stereocenters. The molecule has 1 atom stereocenters. The van der Waals surface area contributed by atoms with Crippen molar-refractivity contribution in [3.05, 3.63) is 28.2 Å². The van der Waals surface area contributed by atoms with Gasteiger partial charge in [0.05, 0.1) is 6.10 Å². The molecule has 1 fully saturated rings. The van der Waals surface area contributed by atoms with Crippen molar-refractivity contribution in [3.8, 4) is 0 Å². The van der Waals surface area contributed by atoms with Crippen LogP contribution < -0.4 is 10.2 Å². The lowest BCUT2D eigenvalue weighted by molar-refractivity contribution is 0.116. The summed E-state index contributed by atoms with van der Waals surface area (Å²) in [5, 5.41) is 3.49. The molecular weight excluding hydrogens is 316 g/mol. The van der Waals surface area contributed by atoms with Crippen molar-refractivity contribution in [3.63, 3.8) is 0 Å². The summed E-state index contributed by atoms with van der Waals surface area (Å²) in [4.78, 5) is 2.32. The van der Waals surface area contributed by atoms with Crippen LogP contribution in [0.2, 0.25) is 0 Å². The molecule has 0 bridgehead atoms. The molecule has 1 N–H and O–H groups in total. The van der Waals surface area contributed by atoms with Crippen LogP contribution in [0.3, 0.4) is 0 Å². The predicted octanol–water partition coefficient (Wildman–Crippen LogP) is 3.56. The van der Waals surface area contributed by atoms with E-state index in [0.717, 1.165) is 37.1 Å². The topological polar surface area (TPSA) is 24.5 Å². The summed E-state index contributed by atoms with van der Waals surface area (Å²) in [6.45, 7) is 6.06. The van der Waals surface area contributed by atoms with Gasteiger partial charge in [-0.1, -0.05) is 22.9 Å². The van der Waals surface area contributed by atoms with E-state index >= 15 is 0 Å². The molecule has 0 saturated carbocycles. The molecule has 1 aliphatic rings. The molecule has 0 spiro atoms. The second-order valence-electron chi connectivity index (χ2n) is 5.47. The van der Waals surface area contributed by atoms with Gasteiger partial charge in [-0.15, -0.1) is 0 Å². The third-order valence-electron chi connectivity index (χ3n) is 3.70. The Kier molecular flexibility index (Phi) is 6.33. The van der Waals surface area contributed by atoms with E-state index in [4.69, 9.17) is 4.74 Å². The number of ether oxygens (including phenoxy) is 1. The number of anilines is 1. The average molecular weight is 341 g/mol. The number of nitrogens with one attached hydrogen (secondary N) is 1. The Bertz CT molecular complexity index is 419. The summed E-state index contributed by atoms with van der Waals surface area (Å²) in [5.41, 5.74) is 2.64. The van der Waals surface area contributed by atoms with Gasteiger partial charge >= 0.3 is 0 Å². The highest BCUT2D eigenvalue weighted by Crippen LogP contribution is 2.25. The SMILES string of the molecule is CCCNCc1cc(Br)ccc1N(C)CC1CCCO1. The van der Waals surface area contributed by atoms with Crippen molar-refractivity contribution in [1.29, 1.82) is 0 Å². The third-order valence-corrected chi connectivity index (χ3v) is 4.19. The Balaban J connectivity index is 2.03. The van der Waals surface area contributed by atoms with E-state index in [-0.39, 0.29) is 0 Å². The molecule has 20 heavy (non-hydrogen) atoms. The number of benzene rings is 1. The van der Waals surface area contributed by atoms with Crippen LogP contribution in [0.1, 0.15) is 31.7 Å². The summed E-state index contributed by atoms with van der Waals surface area (Å²) in [6, 6.07) is 6.52. The molecule has 2 rings (SSSR count). The maximum absolute atomic E-state index is 5.74. The molecule has 1 saturated heterocycles. The van der Waals surface area contributed by atoms with Crippen LogP contribution in [0.25, 0.3) is 0 Å². The maximum atomic E-state index is 5.74. The number of likely N-dealkylation sites (N-methyl/N-ethyl adjacent to an activating group) is 1. The van der Waals surface area contributed by atoms with Crippen molar-refractivity contribution < 1.29 is 4.74 Å². The molecule has 3 nitrogen and oxygen atoms in total. The van der Waals surface area contributed by atoms with E-state index in [2.05, 4.69) is 58.3 Å². The molecule has 0 aromatic heterocycles. The predicted molar refractivity (Wildman–Crippen MR) is 88.4 cm³/mol. The zero-order valence-corrected chi connectivity index (χ0v) is 14.1. The van der Waals surface area contributed by atoms with Gasteiger partial charge < -0.3 is 15.0 Å². The zero-order valence-electron chi connectivity index (χ0n) is 12.5. The number of hydrogen-bond donors (Lipinski definition) is 1. The Morgan fingerprint density at radius 2 is 2.30 bits per heavy atom. The first-order chi connectivity index (χ1) is 9.70. The molecule has 1 aromatic carbocycles. The minimum atomic E-state index is 0.389. The van der Waals surface area contributed by atoms with Gasteiger partial charge in [0.2, 0.25) is 0 Å². The lowest BCUT2D eigenvalue weighted by Gasteiger charge is -2.25. The van der Waals surface area contributed by atoms with Gasteiger partial charge in [0.1, 0.15) is 0 Å². The minimum absolute atomic E-state index is 0.389. The molecule has 0 radical (unpaired) electrons. The van der Waals surface area contributed by atoms with Gasteiger partial charge in [0.15, 0.2) is 0 Å². The number of nitrogens with zero attached hydrogens (tertiary/aromatic N) is 1. The van der Waals surface area contributed by atoms with Gasteiger partial charge in [-0.3, -0.25) is 0 Å². The number of halogens is 1. The van der Waals surface area contributed by atoms with Crippen molar-refractivity contribution in [2.45, 2.75) is 38.8 Å². The molecule has 4 heteroatoms. The summed E-state index contributed by atoms with van der Waals surface area (Å²) in [7, 11) is 2.16. The number of hydrogen-bond acceptors (Lipinski definition) is 3. The van der Waals surface area contributed by atoms with Crippen LogP contribution in [0, 0.1) is 0 Å². The quantitative estimate of drug-likeness (QED) is 0.768. The first-order valence-electron chi connectivity index (χ1n) is 7.52. The van der Waals surface area contributed by atoms with Crippen LogP contribution in [0.15, 0.2) is 22.7 Å². The van der Waals surface area contributed by atoms with E-state index in [1.54, 1.807) is 0 Å². The monoisotopic (exact) mass is 340 g/mol. The maximum Gasteiger partial charge on any atom is 0.0750 e. The first-order valence-corrected chi connectivity index (χ1v) is 8.32. The van der Waals surface area contributed by atoms with Crippen molar-refractivity contribution >= 4 is 21.6 Å². The van der Waals surface area contributed by atoms with Gasteiger partial charge in [-0.25, -0.2) is 0 Å². The second kappa shape index (κ2) is 8.01. The van der Waals surface area contributed by atoms with E-state index in [9.17, 15) is 0 Å². The Labute approximate surface area is 130 Å². The van der Waals surface area contributed by atoms with E-state index < -0.39 is 0 Å². The Hall–Kier alpha value is -0.580. The summed E-state index contributed by atoms with van der Waals surface area (Å²) in [5.74, 6) is 0. The van der Waals surface area contributed by atoms with E-state index in [0.29, 0.717) is 6.10 Å². The Morgan fingerprint density at radius 3 is 3.00 bits per heavy atom. The summed E-state index contributed by atoms with van der Waals surface area (Å²) in [6.07, 6.45) is 3.93. The van der Waals surface area contributed by atoms with Gasteiger partial charge in [-0.05, 0) is 49.6 Å². The largest absolute Gasteiger partial charge is 0.376 e. The Morgan fingerprint density at radius 1 is 1.45 bits per heavy atom. The van der Waals surface area contributed by atoms with Crippen LogP contribution in [-0.4, -0.2) is 32.8 Å². The fourth-order valence-electron chi connectivity index (χ4n) is 2.66. The zero-order chi connectivity index (χ0) is 14.4. The smallest absolute Gasteiger partial charge is 0.0750 e. The first kappa shape index (κ1) is 15.8. The van der Waals surface area contributed by atoms with E-state index in [1.807, 2.05) is 0 Å². The van der Waals surface area contributed by atoms with Crippen LogP contribution >= 0.6 is 15.9 Å².